The van der Waals surface area contributed by atoms with Gasteiger partial charge in [0, 0.05) is 6.42 Å². The van der Waals surface area contributed by atoms with Crippen molar-refractivity contribution >= 4 is 52.6 Å². The summed E-state index contributed by atoms with van der Waals surface area (Å²) in [5.74, 6) is -2.85. The molecule has 1 heterocycles. The molecule has 1 aliphatic heterocycles. The Morgan fingerprint density at radius 1 is 1.12 bits per heavy atom. The normalized spacial score (nSPS) is 15.3. The van der Waals surface area contributed by atoms with Crippen molar-refractivity contribution in [3.05, 3.63) is 58.1 Å². The molecule has 1 saturated heterocycles. The summed E-state index contributed by atoms with van der Waals surface area (Å²) in [7, 11) is 1.43. The Balaban J connectivity index is 1.52. The van der Waals surface area contributed by atoms with E-state index >= 15 is 0 Å². The maximum absolute atomic E-state index is 12.5. The van der Waals surface area contributed by atoms with Crippen molar-refractivity contribution in [3.63, 3.8) is 0 Å². The number of anilines is 1. The molecule has 1 fully saturated rings. The van der Waals surface area contributed by atoms with E-state index in [9.17, 15) is 19.2 Å². The third kappa shape index (κ3) is 5.49. The highest BCUT2D eigenvalue weighted by molar-refractivity contribution is 6.44. The zero-order valence-corrected chi connectivity index (χ0v) is 18.4. The van der Waals surface area contributed by atoms with E-state index in [0.717, 1.165) is 5.01 Å². The molecule has 32 heavy (non-hydrogen) atoms. The zero-order chi connectivity index (χ0) is 23.3. The minimum absolute atomic E-state index is 0.0830. The Labute approximate surface area is 193 Å². The highest BCUT2D eigenvalue weighted by atomic mass is 35.5. The molecule has 2 aromatic carbocycles. The van der Waals surface area contributed by atoms with Crippen molar-refractivity contribution in [3.8, 4) is 5.75 Å². The molecule has 3 amide bonds. The number of hydrogen-bond acceptors (Lipinski definition) is 6. The molecule has 0 unspecified atom stereocenters. The number of hydrogen-bond donors (Lipinski definition) is 2. The highest BCUT2D eigenvalue weighted by Gasteiger charge is 2.37. The van der Waals surface area contributed by atoms with Crippen LogP contribution in [0.25, 0.3) is 0 Å². The van der Waals surface area contributed by atoms with Crippen LogP contribution in [-0.2, 0) is 19.1 Å². The molecule has 0 saturated carbocycles. The van der Waals surface area contributed by atoms with Gasteiger partial charge in [0.1, 0.15) is 5.75 Å². The number of carbonyl (C=O) groups excluding carboxylic acids is 4. The molecule has 3 rings (SSSR count). The standard InChI is InChI=1S/C21H19Cl2N3O6/c1-31-16-8-3-2-5-13(16)20(29)25-26-10-12(9-18(26)28)21(30)32-11-17(27)24-15-7-4-6-14(22)19(15)23/h2-8,12H,9-11H2,1H3,(H,24,27)(H,25,29)/t12-/m0/s1. The van der Waals surface area contributed by atoms with Gasteiger partial charge in [0.15, 0.2) is 6.61 Å². The van der Waals surface area contributed by atoms with Gasteiger partial charge in [-0.05, 0) is 24.3 Å². The summed E-state index contributed by atoms with van der Waals surface area (Å²) in [5, 5.41) is 3.97. The van der Waals surface area contributed by atoms with Crippen molar-refractivity contribution in [2.45, 2.75) is 6.42 Å². The number of rotatable bonds is 7. The first-order chi connectivity index (χ1) is 15.3. The van der Waals surface area contributed by atoms with E-state index in [-0.39, 0.29) is 34.3 Å². The van der Waals surface area contributed by atoms with Crippen LogP contribution in [0.3, 0.4) is 0 Å². The van der Waals surface area contributed by atoms with Gasteiger partial charge in [0.2, 0.25) is 5.91 Å². The smallest absolute Gasteiger partial charge is 0.311 e. The van der Waals surface area contributed by atoms with E-state index in [0.29, 0.717) is 5.75 Å². The van der Waals surface area contributed by atoms with Gasteiger partial charge in [0.25, 0.3) is 11.8 Å². The van der Waals surface area contributed by atoms with Gasteiger partial charge in [-0.3, -0.25) is 29.6 Å². The molecule has 11 heteroatoms. The number of halogens is 2. The van der Waals surface area contributed by atoms with Crippen LogP contribution in [0.15, 0.2) is 42.5 Å². The van der Waals surface area contributed by atoms with Crippen molar-refractivity contribution in [1.82, 2.24) is 10.4 Å². The monoisotopic (exact) mass is 479 g/mol. The van der Waals surface area contributed by atoms with E-state index in [1.165, 1.54) is 7.11 Å². The predicted octanol–water partition coefficient (Wildman–Crippen LogP) is 2.68. The van der Waals surface area contributed by atoms with Crippen LogP contribution < -0.4 is 15.5 Å². The number of esters is 1. The minimum atomic E-state index is -0.831. The maximum atomic E-state index is 12.5. The summed E-state index contributed by atoms with van der Waals surface area (Å²) in [6.45, 7) is -0.653. The van der Waals surface area contributed by atoms with Crippen LogP contribution in [0.2, 0.25) is 10.0 Å². The number of nitrogens with zero attached hydrogens (tertiary/aromatic N) is 1. The van der Waals surface area contributed by atoms with Crippen LogP contribution in [0, 0.1) is 5.92 Å². The molecule has 0 aromatic heterocycles. The van der Waals surface area contributed by atoms with Crippen LogP contribution in [0.4, 0.5) is 5.69 Å². The summed E-state index contributed by atoms with van der Waals surface area (Å²) >= 11 is 11.9. The Morgan fingerprint density at radius 2 is 1.88 bits per heavy atom. The zero-order valence-electron chi connectivity index (χ0n) is 16.9. The van der Waals surface area contributed by atoms with Gasteiger partial charge in [0.05, 0.1) is 40.9 Å². The van der Waals surface area contributed by atoms with Crippen molar-refractivity contribution in [1.29, 1.82) is 0 Å². The predicted molar refractivity (Wildman–Crippen MR) is 116 cm³/mol. The quantitative estimate of drug-likeness (QED) is 0.590. The number of methoxy groups -OCH3 is 1. The lowest BCUT2D eigenvalue weighted by Crippen LogP contribution is -2.43. The Bertz CT molecular complexity index is 1060. The topological polar surface area (TPSA) is 114 Å². The first-order valence-electron chi connectivity index (χ1n) is 9.45. The van der Waals surface area contributed by atoms with Gasteiger partial charge in [-0.2, -0.15) is 0 Å². The minimum Gasteiger partial charge on any atom is -0.496 e. The molecule has 1 aliphatic rings. The Hall–Kier alpha value is -3.30. The van der Waals surface area contributed by atoms with Crippen molar-refractivity contribution in [2.24, 2.45) is 5.92 Å². The first kappa shape index (κ1) is 23.4. The number of ether oxygens (including phenoxy) is 2. The third-order valence-corrected chi connectivity index (χ3v) is 5.44. The number of para-hydroxylation sites is 1. The van der Waals surface area contributed by atoms with E-state index < -0.39 is 36.2 Å². The molecule has 1 atom stereocenters. The second-order valence-corrected chi connectivity index (χ2v) is 7.59. The molecule has 0 bridgehead atoms. The third-order valence-electron chi connectivity index (χ3n) is 4.62. The summed E-state index contributed by atoms with van der Waals surface area (Å²) in [6.07, 6.45) is -0.160. The van der Waals surface area contributed by atoms with Crippen LogP contribution >= 0.6 is 23.2 Å². The second-order valence-electron chi connectivity index (χ2n) is 6.80. The largest absolute Gasteiger partial charge is 0.496 e. The lowest BCUT2D eigenvalue weighted by Gasteiger charge is -2.18. The summed E-state index contributed by atoms with van der Waals surface area (Å²) in [6, 6.07) is 11.2. The van der Waals surface area contributed by atoms with Gasteiger partial charge in [-0.15, -0.1) is 0 Å². The first-order valence-corrected chi connectivity index (χ1v) is 10.2. The maximum Gasteiger partial charge on any atom is 0.311 e. The number of nitrogens with one attached hydrogen (secondary N) is 2. The van der Waals surface area contributed by atoms with Crippen LogP contribution in [0.1, 0.15) is 16.8 Å². The molecule has 9 nitrogen and oxygen atoms in total. The van der Waals surface area contributed by atoms with Gasteiger partial charge in [-0.25, -0.2) is 0 Å². The lowest BCUT2D eigenvalue weighted by atomic mass is 10.1. The number of benzene rings is 2. The molecule has 0 radical (unpaired) electrons. The summed E-state index contributed by atoms with van der Waals surface area (Å²) in [5.41, 5.74) is 2.98. The second kappa shape index (κ2) is 10.3. The molecule has 0 spiro atoms. The molecule has 0 aliphatic carbocycles. The van der Waals surface area contributed by atoms with Crippen molar-refractivity contribution < 1.29 is 28.7 Å². The Morgan fingerprint density at radius 3 is 2.62 bits per heavy atom. The average molecular weight is 480 g/mol. The summed E-state index contributed by atoms with van der Waals surface area (Å²) in [4.78, 5) is 49.1. The molecule has 2 aromatic rings. The van der Waals surface area contributed by atoms with Gasteiger partial charge >= 0.3 is 5.97 Å². The number of carbonyl (C=O) groups is 4. The SMILES string of the molecule is COc1ccccc1C(=O)NN1C[C@@H](C(=O)OCC(=O)Nc2cccc(Cl)c2Cl)CC1=O. The van der Waals surface area contributed by atoms with Crippen LogP contribution in [-0.4, -0.2) is 49.0 Å². The van der Waals surface area contributed by atoms with Gasteiger partial charge < -0.3 is 14.8 Å². The molecule has 168 valence electrons. The van der Waals surface area contributed by atoms with E-state index in [2.05, 4.69) is 10.7 Å². The Kier molecular flexibility index (Phi) is 7.55. The average Bonchev–Trinajstić information content (AvgIpc) is 3.15. The fraction of sp³-hybridized carbons (Fsp3) is 0.238. The number of amides is 3. The van der Waals surface area contributed by atoms with E-state index in [1.54, 1.807) is 42.5 Å². The fourth-order valence-corrected chi connectivity index (χ4v) is 3.38. The molecular formula is C21H19Cl2N3O6. The summed E-state index contributed by atoms with van der Waals surface area (Å²) < 4.78 is 10.2. The van der Waals surface area contributed by atoms with E-state index in [4.69, 9.17) is 32.7 Å². The fourth-order valence-electron chi connectivity index (χ4n) is 3.03. The van der Waals surface area contributed by atoms with E-state index in [1.807, 2.05) is 0 Å². The van der Waals surface area contributed by atoms with Crippen molar-refractivity contribution in [2.75, 3.05) is 25.6 Å². The molecule has 2 N–H and O–H groups in total. The van der Waals surface area contributed by atoms with Crippen LogP contribution in [0.5, 0.6) is 5.75 Å². The molecular weight excluding hydrogens is 461 g/mol. The highest BCUT2D eigenvalue weighted by Crippen LogP contribution is 2.29. The van der Waals surface area contributed by atoms with Gasteiger partial charge in [-0.1, -0.05) is 41.4 Å². The lowest BCUT2D eigenvalue weighted by molar-refractivity contribution is -0.151. The number of hydrazine groups is 1.